The van der Waals surface area contributed by atoms with Gasteiger partial charge in [-0.05, 0) is 24.1 Å². The molecule has 166 valence electrons. The second kappa shape index (κ2) is 11.3. The summed E-state index contributed by atoms with van der Waals surface area (Å²) in [4.78, 5) is 46.8. The molecule has 0 bridgehead atoms. The van der Waals surface area contributed by atoms with Crippen molar-refractivity contribution in [1.82, 2.24) is 0 Å². The van der Waals surface area contributed by atoms with Crippen LogP contribution >= 0.6 is 0 Å². The Hall–Kier alpha value is -2.94. The van der Waals surface area contributed by atoms with Gasteiger partial charge < -0.3 is 24.7 Å². The Balaban J connectivity index is 3.05. The summed E-state index contributed by atoms with van der Waals surface area (Å²) in [6, 6.07) is 4.48. The van der Waals surface area contributed by atoms with E-state index in [-0.39, 0.29) is 42.8 Å². The summed E-state index contributed by atoms with van der Waals surface area (Å²) >= 11 is 0. The number of hydrogen-bond acceptors (Lipinski definition) is 9. The van der Waals surface area contributed by atoms with Crippen LogP contribution in [0.5, 0.6) is 11.5 Å². The number of methoxy groups -OCH3 is 1. The van der Waals surface area contributed by atoms with Crippen LogP contribution < -0.4 is 15.2 Å². The summed E-state index contributed by atoms with van der Waals surface area (Å²) < 4.78 is 20.2. The zero-order valence-corrected chi connectivity index (χ0v) is 18.0. The minimum atomic E-state index is -1.49. The van der Waals surface area contributed by atoms with Crippen LogP contribution in [0.1, 0.15) is 46.1 Å². The molecule has 0 heterocycles. The molecule has 9 nitrogen and oxygen atoms in total. The van der Waals surface area contributed by atoms with Crippen molar-refractivity contribution in [2.75, 3.05) is 13.7 Å². The normalized spacial score (nSPS) is 13.5. The smallest absolute Gasteiger partial charge is 0.326 e. The molecule has 0 spiro atoms. The van der Waals surface area contributed by atoms with Crippen molar-refractivity contribution in [3.8, 4) is 11.5 Å². The number of carbonyl (C=O) groups is 4. The number of carbonyl (C=O) groups excluding carboxylic acids is 4. The first-order chi connectivity index (χ1) is 14.0. The molecule has 0 amide bonds. The number of benzene rings is 1. The van der Waals surface area contributed by atoms with Crippen molar-refractivity contribution in [3.63, 3.8) is 0 Å². The Labute approximate surface area is 175 Å². The quantitative estimate of drug-likeness (QED) is 0.443. The van der Waals surface area contributed by atoms with E-state index in [9.17, 15) is 19.2 Å². The van der Waals surface area contributed by atoms with Gasteiger partial charge in [-0.3, -0.25) is 19.2 Å². The molecule has 2 N–H and O–H groups in total. The highest BCUT2D eigenvalue weighted by molar-refractivity contribution is 5.81. The maximum Gasteiger partial charge on any atom is 0.326 e. The summed E-state index contributed by atoms with van der Waals surface area (Å²) in [7, 11) is 1.21. The average molecular weight is 423 g/mol. The molecule has 0 aliphatic rings. The molecule has 0 saturated heterocycles. The lowest BCUT2D eigenvalue weighted by molar-refractivity contribution is -0.153. The van der Waals surface area contributed by atoms with Gasteiger partial charge in [-0.25, -0.2) is 0 Å². The first-order valence-corrected chi connectivity index (χ1v) is 9.56. The van der Waals surface area contributed by atoms with Crippen LogP contribution in [0, 0.1) is 5.92 Å². The third-order valence-corrected chi connectivity index (χ3v) is 4.43. The van der Waals surface area contributed by atoms with Gasteiger partial charge in [0.05, 0.1) is 19.6 Å². The van der Waals surface area contributed by atoms with E-state index < -0.39 is 23.4 Å². The van der Waals surface area contributed by atoms with Gasteiger partial charge in [0.15, 0.2) is 11.5 Å². The fourth-order valence-corrected chi connectivity index (χ4v) is 2.61. The van der Waals surface area contributed by atoms with Gasteiger partial charge in [0.25, 0.3) is 0 Å². The van der Waals surface area contributed by atoms with Gasteiger partial charge in [-0.1, -0.05) is 19.9 Å². The van der Waals surface area contributed by atoms with Crippen molar-refractivity contribution in [3.05, 3.63) is 23.8 Å². The zero-order valence-electron chi connectivity index (χ0n) is 18.0. The fraction of sp³-hybridized carbons (Fsp3) is 0.524. The van der Waals surface area contributed by atoms with E-state index in [4.69, 9.17) is 24.7 Å². The molecule has 0 aromatic heterocycles. The Morgan fingerprint density at radius 1 is 1.07 bits per heavy atom. The molecule has 0 aliphatic heterocycles. The standard InChI is InChI=1S/C21H29NO8/c1-6-13(2)19(25)28-10-9-21(22,20(26)27-5)12-16-7-8-17(29-14(3)23)18(11-16)30-15(4)24/h7-8,11,13H,6,9-10,12,22H2,1-5H3/t13?,21-/m1/s1. The molecule has 1 aromatic rings. The molecule has 1 rings (SSSR count). The van der Waals surface area contributed by atoms with Crippen LogP contribution in [-0.2, 0) is 35.1 Å². The third-order valence-electron chi connectivity index (χ3n) is 4.43. The molecule has 9 heteroatoms. The summed E-state index contributed by atoms with van der Waals surface area (Å²) in [5.74, 6) is -2.41. The summed E-state index contributed by atoms with van der Waals surface area (Å²) in [6.07, 6.45) is 0.669. The lowest BCUT2D eigenvalue weighted by Gasteiger charge is -2.27. The van der Waals surface area contributed by atoms with Crippen molar-refractivity contribution < 1.29 is 38.1 Å². The van der Waals surface area contributed by atoms with Gasteiger partial charge in [-0.2, -0.15) is 0 Å². The highest BCUT2D eigenvalue weighted by Gasteiger charge is 2.36. The summed E-state index contributed by atoms with van der Waals surface area (Å²) in [6.45, 7) is 5.98. The summed E-state index contributed by atoms with van der Waals surface area (Å²) in [5.41, 5.74) is 5.34. The SMILES string of the molecule is CCC(C)C(=O)OCC[C@@](N)(Cc1ccc(OC(C)=O)c(OC(C)=O)c1)C(=O)OC. The van der Waals surface area contributed by atoms with Crippen LogP contribution in [0.3, 0.4) is 0 Å². The van der Waals surface area contributed by atoms with E-state index in [2.05, 4.69) is 0 Å². The van der Waals surface area contributed by atoms with Gasteiger partial charge in [0.2, 0.25) is 0 Å². The maximum atomic E-state index is 12.3. The lowest BCUT2D eigenvalue weighted by Crippen LogP contribution is -2.51. The predicted octanol–water partition coefficient (Wildman–Crippen LogP) is 1.93. The van der Waals surface area contributed by atoms with Gasteiger partial charge in [0, 0.05) is 26.7 Å². The highest BCUT2D eigenvalue weighted by Crippen LogP contribution is 2.30. The Morgan fingerprint density at radius 3 is 2.20 bits per heavy atom. The van der Waals surface area contributed by atoms with E-state index in [1.165, 1.54) is 33.1 Å². The first-order valence-electron chi connectivity index (χ1n) is 9.56. The van der Waals surface area contributed by atoms with Gasteiger partial charge in [-0.15, -0.1) is 0 Å². The minimum Gasteiger partial charge on any atom is -0.468 e. The molecule has 0 aliphatic carbocycles. The Kier molecular flexibility index (Phi) is 9.45. The van der Waals surface area contributed by atoms with Crippen molar-refractivity contribution in [1.29, 1.82) is 0 Å². The van der Waals surface area contributed by atoms with E-state index in [1.54, 1.807) is 13.0 Å². The van der Waals surface area contributed by atoms with E-state index in [1.807, 2.05) is 6.92 Å². The molecular weight excluding hydrogens is 394 g/mol. The van der Waals surface area contributed by atoms with Crippen LogP contribution in [0.15, 0.2) is 18.2 Å². The van der Waals surface area contributed by atoms with Crippen LogP contribution in [0.4, 0.5) is 0 Å². The molecule has 0 saturated carbocycles. The number of esters is 4. The molecule has 0 radical (unpaired) electrons. The molecule has 1 unspecified atom stereocenters. The minimum absolute atomic E-state index is 0.00910. The predicted molar refractivity (Wildman–Crippen MR) is 107 cm³/mol. The van der Waals surface area contributed by atoms with E-state index in [0.29, 0.717) is 12.0 Å². The topological polar surface area (TPSA) is 131 Å². The Morgan fingerprint density at radius 2 is 1.67 bits per heavy atom. The lowest BCUT2D eigenvalue weighted by atomic mass is 9.88. The maximum absolute atomic E-state index is 12.3. The van der Waals surface area contributed by atoms with Crippen LogP contribution in [0.25, 0.3) is 0 Å². The number of hydrogen-bond donors (Lipinski definition) is 1. The van der Waals surface area contributed by atoms with Crippen molar-refractivity contribution in [2.45, 2.75) is 52.5 Å². The summed E-state index contributed by atoms with van der Waals surface area (Å²) in [5, 5.41) is 0. The molecule has 1 aromatic carbocycles. The van der Waals surface area contributed by atoms with Crippen molar-refractivity contribution in [2.24, 2.45) is 11.7 Å². The van der Waals surface area contributed by atoms with Crippen molar-refractivity contribution >= 4 is 23.9 Å². The first kappa shape index (κ1) is 25.1. The molecule has 30 heavy (non-hydrogen) atoms. The highest BCUT2D eigenvalue weighted by atomic mass is 16.6. The second-order valence-electron chi connectivity index (χ2n) is 7.02. The van der Waals surface area contributed by atoms with E-state index in [0.717, 1.165) is 0 Å². The number of ether oxygens (including phenoxy) is 4. The van der Waals surface area contributed by atoms with Gasteiger partial charge in [0.1, 0.15) is 5.54 Å². The monoisotopic (exact) mass is 423 g/mol. The largest absolute Gasteiger partial charge is 0.468 e. The van der Waals surface area contributed by atoms with Crippen LogP contribution in [0.2, 0.25) is 0 Å². The average Bonchev–Trinajstić information content (AvgIpc) is 2.67. The van der Waals surface area contributed by atoms with Gasteiger partial charge >= 0.3 is 23.9 Å². The Bertz CT molecular complexity index is 791. The zero-order chi connectivity index (χ0) is 22.9. The number of rotatable bonds is 10. The number of nitrogens with two attached hydrogens (primary N) is 1. The van der Waals surface area contributed by atoms with Crippen LogP contribution in [-0.4, -0.2) is 43.1 Å². The fourth-order valence-electron chi connectivity index (χ4n) is 2.61. The molecular formula is C21H29NO8. The molecule has 0 fully saturated rings. The third kappa shape index (κ3) is 7.47. The second-order valence-corrected chi connectivity index (χ2v) is 7.02. The molecule has 2 atom stereocenters. The van der Waals surface area contributed by atoms with E-state index >= 15 is 0 Å².